The van der Waals surface area contributed by atoms with Crippen LogP contribution < -0.4 is 5.32 Å². The van der Waals surface area contributed by atoms with Gasteiger partial charge in [0.1, 0.15) is 11.6 Å². The monoisotopic (exact) mass is 259 g/mol. The second kappa shape index (κ2) is 6.91. The lowest BCUT2D eigenvalue weighted by atomic mass is 10.1. The summed E-state index contributed by atoms with van der Waals surface area (Å²) in [5.74, 6) is -0.476. The maximum Gasteiger partial charge on any atom is 0.270 e. The Morgan fingerprint density at radius 1 is 1.58 bits per heavy atom. The Labute approximate surface area is 110 Å². The van der Waals surface area contributed by atoms with Crippen LogP contribution in [0.15, 0.2) is 29.8 Å². The minimum Gasteiger partial charge on any atom is -0.351 e. The fourth-order valence-corrected chi connectivity index (χ4v) is 1.38. The number of nitrogens with one attached hydrogen (secondary N) is 1. The number of hydrogen-bond donors (Lipinski definition) is 1. The molecule has 1 N–H and O–H groups in total. The maximum absolute atomic E-state index is 11.6. The van der Waals surface area contributed by atoms with Crippen molar-refractivity contribution in [2.75, 3.05) is 6.54 Å². The normalized spacial score (nSPS) is 10.6. The minimum absolute atomic E-state index is 0.0750. The third-order valence-electron chi connectivity index (χ3n) is 2.29. The van der Waals surface area contributed by atoms with E-state index in [1.807, 2.05) is 6.92 Å². The Bertz CT molecular complexity index is 558. The van der Waals surface area contributed by atoms with E-state index in [4.69, 9.17) is 5.26 Å². The molecule has 6 heteroatoms. The third kappa shape index (κ3) is 4.24. The van der Waals surface area contributed by atoms with Crippen molar-refractivity contribution in [3.05, 3.63) is 45.5 Å². The van der Waals surface area contributed by atoms with E-state index >= 15 is 0 Å². The van der Waals surface area contributed by atoms with Crippen LogP contribution >= 0.6 is 0 Å². The molecule has 0 saturated heterocycles. The van der Waals surface area contributed by atoms with Crippen LogP contribution in [-0.2, 0) is 4.79 Å². The van der Waals surface area contributed by atoms with Gasteiger partial charge in [0.2, 0.25) is 0 Å². The number of nitriles is 1. The van der Waals surface area contributed by atoms with E-state index in [0.717, 1.165) is 6.42 Å². The van der Waals surface area contributed by atoms with Crippen molar-refractivity contribution in [1.82, 2.24) is 5.32 Å². The number of carbonyl (C=O) groups excluding carboxylic acids is 1. The van der Waals surface area contributed by atoms with Crippen molar-refractivity contribution in [3.8, 4) is 6.07 Å². The Balaban J connectivity index is 2.98. The zero-order chi connectivity index (χ0) is 14.3. The molecule has 1 aromatic carbocycles. The van der Waals surface area contributed by atoms with Gasteiger partial charge in [-0.05, 0) is 18.1 Å². The quantitative estimate of drug-likeness (QED) is 0.378. The summed E-state index contributed by atoms with van der Waals surface area (Å²) in [6.45, 7) is 2.38. The molecular formula is C13H13N3O3. The van der Waals surface area contributed by atoms with Gasteiger partial charge in [0, 0.05) is 18.7 Å². The number of rotatable bonds is 5. The molecule has 0 aliphatic heterocycles. The highest BCUT2D eigenvalue weighted by molar-refractivity contribution is 6.01. The SMILES string of the molecule is CCCNC(=O)/C(C#N)=C\c1cccc([N+](=O)[O-])c1. The molecule has 0 aliphatic rings. The molecule has 1 aromatic rings. The molecule has 0 radical (unpaired) electrons. The van der Waals surface area contributed by atoms with Gasteiger partial charge in [0.25, 0.3) is 11.6 Å². The number of nitrogens with zero attached hydrogens (tertiary/aromatic N) is 2. The summed E-state index contributed by atoms with van der Waals surface area (Å²) in [7, 11) is 0. The Morgan fingerprint density at radius 2 is 2.32 bits per heavy atom. The predicted molar refractivity (Wildman–Crippen MR) is 70.0 cm³/mol. The number of amides is 1. The van der Waals surface area contributed by atoms with Crippen LogP contribution in [0.25, 0.3) is 6.08 Å². The summed E-state index contributed by atoms with van der Waals surface area (Å²) in [5, 5.41) is 22.1. The standard InChI is InChI=1S/C13H13N3O3/c1-2-6-15-13(17)11(9-14)7-10-4-3-5-12(8-10)16(18)19/h3-5,7-8H,2,6H2,1H3,(H,15,17)/b11-7-. The number of carbonyl (C=O) groups is 1. The summed E-state index contributed by atoms with van der Waals surface area (Å²) < 4.78 is 0. The van der Waals surface area contributed by atoms with E-state index < -0.39 is 10.8 Å². The van der Waals surface area contributed by atoms with Crippen molar-refractivity contribution >= 4 is 17.7 Å². The summed E-state index contributed by atoms with van der Waals surface area (Å²) in [4.78, 5) is 21.7. The molecule has 1 rings (SSSR count). The second-order valence-electron chi connectivity index (χ2n) is 3.78. The third-order valence-corrected chi connectivity index (χ3v) is 2.29. The first-order valence-corrected chi connectivity index (χ1v) is 5.73. The van der Waals surface area contributed by atoms with Crippen LogP contribution in [-0.4, -0.2) is 17.4 Å². The van der Waals surface area contributed by atoms with Crippen molar-refractivity contribution in [3.63, 3.8) is 0 Å². The van der Waals surface area contributed by atoms with Crippen molar-refractivity contribution in [2.45, 2.75) is 13.3 Å². The highest BCUT2D eigenvalue weighted by atomic mass is 16.6. The second-order valence-corrected chi connectivity index (χ2v) is 3.78. The highest BCUT2D eigenvalue weighted by Gasteiger charge is 2.09. The first-order chi connectivity index (χ1) is 9.08. The highest BCUT2D eigenvalue weighted by Crippen LogP contribution is 2.15. The average molecular weight is 259 g/mol. The number of hydrogen-bond acceptors (Lipinski definition) is 4. The molecule has 0 atom stereocenters. The molecule has 0 unspecified atom stereocenters. The van der Waals surface area contributed by atoms with Crippen LogP contribution in [0.5, 0.6) is 0 Å². The molecule has 0 aromatic heterocycles. The molecule has 1 amide bonds. The number of nitro benzene ring substituents is 1. The van der Waals surface area contributed by atoms with Gasteiger partial charge in [-0.3, -0.25) is 14.9 Å². The fraction of sp³-hybridized carbons (Fsp3) is 0.231. The van der Waals surface area contributed by atoms with Crippen LogP contribution in [0.4, 0.5) is 5.69 Å². The Hall–Kier alpha value is -2.68. The van der Waals surface area contributed by atoms with Gasteiger partial charge in [-0.25, -0.2) is 0 Å². The van der Waals surface area contributed by atoms with Crippen molar-refractivity contribution < 1.29 is 9.72 Å². The lowest BCUT2D eigenvalue weighted by Gasteiger charge is -2.01. The summed E-state index contributed by atoms with van der Waals surface area (Å²) >= 11 is 0. The zero-order valence-corrected chi connectivity index (χ0v) is 10.4. The lowest BCUT2D eigenvalue weighted by Crippen LogP contribution is -2.25. The number of nitro groups is 1. The van der Waals surface area contributed by atoms with E-state index in [9.17, 15) is 14.9 Å². The Morgan fingerprint density at radius 3 is 2.89 bits per heavy atom. The van der Waals surface area contributed by atoms with E-state index in [-0.39, 0.29) is 11.3 Å². The van der Waals surface area contributed by atoms with E-state index in [1.54, 1.807) is 12.1 Å². The van der Waals surface area contributed by atoms with Gasteiger partial charge in [0.05, 0.1) is 4.92 Å². The largest absolute Gasteiger partial charge is 0.351 e. The molecule has 0 saturated carbocycles. The topological polar surface area (TPSA) is 96.0 Å². The van der Waals surface area contributed by atoms with Crippen LogP contribution in [0.2, 0.25) is 0 Å². The lowest BCUT2D eigenvalue weighted by molar-refractivity contribution is -0.384. The number of benzene rings is 1. The maximum atomic E-state index is 11.6. The molecule has 0 aliphatic carbocycles. The fourth-order valence-electron chi connectivity index (χ4n) is 1.38. The van der Waals surface area contributed by atoms with Crippen molar-refractivity contribution in [2.24, 2.45) is 0 Å². The summed E-state index contributed by atoms with van der Waals surface area (Å²) in [6, 6.07) is 7.54. The minimum atomic E-state index is -0.527. The summed E-state index contributed by atoms with van der Waals surface area (Å²) in [5.41, 5.74) is 0.284. The smallest absolute Gasteiger partial charge is 0.270 e. The zero-order valence-electron chi connectivity index (χ0n) is 10.4. The van der Waals surface area contributed by atoms with Gasteiger partial charge in [0.15, 0.2) is 0 Å². The van der Waals surface area contributed by atoms with Gasteiger partial charge >= 0.3 is 0 Å². The average Bonchev–Trinajstić information content (AvgIpc) is 2.42. The molecule has 0 fully saturated rings. The molecule has 6 nitrogen and oxygen atoms in total. The summed E-state index contributed by atoms with van der Waals surface area (Å²) in [6.07, 6.45) is 2.10. The van der Waals surface area contributed by atoms with Gasteiger partial charge in [-0.2, -0.15) is 5.26 Å². The van der Waals surface area contributed by atoms with Crippen LogP contribution in [0.1, 0.15) is 18.9 Å². The van der Waals surface area contributed by atoms with Gasteiger partial charge < -0.3 is 5.32 Å². The van der Waals surface area contributed by atoms with Crippen LogP contribution in [0.3, 0.4) is 0 Å². The predicted octanol–water partition coefficient (Wildman–Crippen LogP) is 2.03. The van der Waals surface area contributed by atoms with Gasteiger partial charge in [-0.1, -0.05) is 19.1 Å². The first-order valence-electron chi connectivity index (χ1n) is 5.73. The molecule has 0 spiro atoms. The number of non-ortho nitro benzene ring substituents is 1. The molecule has 0 bridgehead atoms. The first kappa shape index (κ1) is 14.4. The van der Waals surface area contributed by atoms with Crippen LogP contribution in [0, 0.1) is 21.4 Å². The van der Waals surface area contributed by atoms with Gasteiger partial charge in [-0.15, -0.1) is 0 Å². The Kier molecular flexibility index (Phi) is 5.23. The van der Waals surface area contributed by atoms with E-state index in [1.165, 1.54) is 24.3 Å². The molecule has 19 heavy (non-hydrogen) atoms. The van der Waals surface area contributed by atoms with E-state index in [2.05, 4.69) is 5.32 Å². The molecule has 0 heterocycles. The van der Waals surface area contributed by atoms with Crippen molar-refractivity contribution in [1.29, 1.82) is 5.26 Å². The molecular weight excluding hydrogens is 246 g/mol. The van der Waals surface area contributed by atoms with E-state index in [0.29, 0.717) is 12.1 Å². The molecule has 98 valence electrons.